The molecule has 2 N–H and O–H groups in total. The summed E-state index contributed by atoms with van der Waals surface area (Å²) in [6.45, 7) is 4.73. The zero-order valence-electron chi connectivity index (χ0n) is 16.9. The first-order chi connectivity index (χ1) is 13.7. The minimum absolute atomic E-state index is 0.00491. The van der Waals surface area contributed by atoms with E-state index in [1.807, 2.05) is 20.8 Å². The van der Waals surface area contributed by atoms with E-state index in [4.69, 9.17) is 4.74 Å². The van der Waals surface area contributed by atoms with E-state index in [1.54, 1.807) is 16.9 Å². The molecule has 2 atom stereocenters. The van der Waals surface area contributed by atoms with E-state index >= 15 is 0 Å². The minimum Gasteiger partial charge on any atom is -0.454 e. The molecule has 0 bridgehead atoms. The lowest BCUT2D eigenvalue weighted by Gasteiger charge is -2.36. The Morgan fingerprint density at radius 3 is 2.83 bits per heavy atom. The average molecular weight is 405 g/mol. The first-order valence-electron chi connectivity index (χ1n) is 9.87. The summed E-state index contributed by atoms with van der Waals surface area (Å²) in [5, 5.41) is 9.49. The summed E-state index contributed by atoms with van der Waals surface area (Å²) in [5.74, 6) is -1.25. The zero-order chi connectivity index (χ0) is 21.2. The van der Waals surface area contributed by atoms with E-state index in [-0.39, 0.29) is 12.0 Å². The number of amides is 4. The average Bonchev–Trinajstić information content (AvgIpc) is 3.22. The molecule has 10 nitrogen and oxygen atoms in total. The minimum atomic E-state index is -0.928. The number of anilines is 1. The molecule has 1 spiro atoms. The largest absolute Gasteiger partial charge is 0.454 e. The van der Waals surface area contributed by atoms with Gasteiger partial charge < -0.3 is 15.4 Å². The molecule has 0 radical (unpaired) electrons. The van der Waals surface area contributed by atoms with E-state index in [9.17, 15) is 19.2 Å². The second-order valence-electron chi connectivity index (χ2n) is 7.90. The molecule has 4 amide bonds. The van der Waals surface area contributed by atoms with Gasteiger partial charge in [-0.1, -0.05) is 19.8 Å². The lowest BCUT2D eigenvalue weighted by atomic mass is 9.73. The predicted octanol–water partition coefficient (Wildman–Crippen LogP) is 1.45. The van der Waals surface area contributed by atoms with Crippen LogP contribution in [-0.4, -0.2) is 57.2 Å². The summed E-state index contributed by atoms with van der Waals surface area (Å²) in [6.07, 6.45) is 4.83. The maximum absolute atomic E-state index is 12.8. The number of aromatic nitrogens is 2. The van der Waals surface area contributed by atoms with Crippen molar-refractivity contribution in [2.45, 2.75) is 58.0 Å². The molecule has 1 aromatic rings. The van der Waals surface area contributed by atoms with Crippen LogP contribution < -0.4 is 10.6 Å². The normalized spacial score (nSPS) is 24.1. The van der Waals surface area contributed by atoms with Gasteiger partial charge in [0.25, 0.3) is 11.8 Å². The van der Waals surface area contributed by atoms with Crippen molar-refractivity contribution in [1.29, 1.82) is 0 Å². The highest BCUT2D eigenvalue weighted by molar-refractivity contribution is 6.09. The second-order valence-corrected chi connectivity index (χ2v) is 7.90. The number of hydrogen-bond acceptors (Lipinski definition) is 6. The lowest BCUT2D eigenvalue weighted by Crippen LogP contribution is -2.54. The van der Waals surface area contributed by atoms with Crippen molar-refractivity contribution < 1.29 is 23.9 Å². The van der Waals surface area contributed by atoms with E-state index in [2.05, 4.69) is 15.7 Å². The van der Waals surface area contributed by atoms with Crippen LogP contribution in [-0.2, 0) is 19.1 Å². The van der Waals surface area contributed by atoms with Crippen molar-refractivity contribution >= 4 is 29.6 Å². The van der Waals surface area contributed by atoms with Gasteiger partial charge in [-0.25, -0.2) is 9.48 Å². The van der Waals surface area contributed by atoms with Gasteiger partial charge >= 0.3 is 12.0 Å². The Balaban J connectivity index is 1.53. The third-order valence-electron chi connectivity index (χ3n) is 5.58. The molecule has 2 aliphatic rings. The Kier molecular flexibility index (Phi) is 5.90. The Labute approximate surface area is 168 Å². The number of nitrogens with one attached hydrogen (secondary N) is 2. The Morgan fingerprint density at radius 1 is 1.38 bits per heavy atom. The number of imide groups is 1. The Morgan fingerprint density at radius 2 is 2.14 bits per heavy atom. The van der Waals surface area contributed by atoms with Crippen LogP contribution in [0.1, 0.15) is 52.5 Å². The molecule has 29 heavy (non-hydrogen) atoms. The summed E-state index contributed by atoms with van der Waals surface area (Å²) >= 11 is 0. The van der Waals surface area contributed by atoms with E-state index in [0.717, 1.165) is 24.2 Å². The number of rotatable bonds is 6. The predicted molar refractivity (Wildman–Crippen MR) is 103 cm³/mol. The molecular weight excluding hydrogens is 378 g/mol. The smallest absolute Gasteiger partial charge is 0.326 e. The molecule has 0 unspecified atom stereocenters. The summed E-state index contributed by atoms with van der Waals surface area (Å²) in [4.78, 5) is 50.2. The third kappa shape index (κ3) is 4.10. The van der Waals surface area contributed by atoms with Crippen LogP contribution in [0.3, 0.4) is 0 Å². The van der Waals surface area contributed by atoms with Gasteiger partial charge in [0.1, 0.15) is 17.9 Å². The van der Waals surface area contributed by atoms with Gasteiger partial charge in [0.05, 0.1) is 6.20 Å². The van der Waals surface area contributed by atoms with Crippen molar-refractivity contribution in [3.63, 3.8) is 0 Å². The molecule has 1 saturated heterocycles. The monoisotopic (exact) mass is 405 g/mol. The van der Waals surface area contributed by atoms with E-state index < -0.39 is 42.5 Å². The molecule has 10 heteroatoms. The first kappa shape index (κ1) is 20.8. The molecule has 1 aliphatic carbocycles. The quantitative estimate of drug-likeness (QED) is 0.545. The van der Waals surface area contributed by atoms with Crippen molar-refractivity contribution in [3.8, 4) is 0 Å². The fourth-order valence-corrected chi connectivity index (χ4v) is 3.96. The van der Waals surface area contributed by atoms with Crippen LogP contribution in [0.25, 0.3) is 0 Å². The first-order valence-corrected chi connectivity index (χ1v) is 9.87. The van der Waals surface area contributed by atoms with Crippen LogP contribution in [0.2, 0.25) is 0 Å². The number of carbonyl (C=O) groups excluding carboxylic acids is 4. The Bertz CT molecular complexity index is 820. The fourth-order valence-electron chi connectivity index (χ4n) is 3.96. The maximum atomic E-state index is 12.8. The van der Waals surface area contributed by atoms with Crippen LogP contribution in [0.15, 0.2) is 12.3 Å². The Hall–Kier alpha value is -2.91. The standard InChI is InChI=1S/C19H27N5O5/c1-12(2)24-14(7-9-20-24)21-15(25)11-29-16(26)10-23-17(27)19(22-18(23)28)8-5-4-6-13(19)3/h7,9,12-13H,4-6,8,10-11H2,1-3H3,(H,21,25)(H,22,28)/t13-,19+/m0/s1. The van der Waals surface area contributed by atoms with Gasteiger partial charge in [0, 0.05) is 12.1 Å². The van der Waals surface area contributed by atoms with Gasteiger partial charge in [-0.3, -0.25) is 19.3 Å². The van der Waals surface area contributed by atoms with Crippen molar-refractivity contribution in [2.24, 2.45) is 5.92 Å². The van der Waals surface area contributed by atoms with Gasteiger partial charge in [0.2, 0.25) is 0 Å². The molecule has 2 heterocycles. The molecule has 1 aliphatic heterocycles. The van der Waals surface area contributed by atoms with Crippen molar-refractivity contribution in [2.75, 3.05) is 18.5 Å². The van der Waals surface area contributed by atoms with E-state index in [0.29, 0.717) is 12.2 Å². The fraction of sp³-hybridized carbons (Fsp3) is 0.632. The number of urea groups is 1. The number of ether oxygens (including phenoxy) is 1. The number of carbonyl (C=O) groups is 4. The summed E-state index contributed by atoms with van der Waals surface area (Å²) in [7, 11) is 0. The number of esters is 1. The molecule has 1 saturated carbocycles. The number of nitrogens with zero attached hydrogens (tertiary/aromatic N) is 3. The lowest BCUT2D eigenvalue weighted by molar-refractivity contribution is -0.150. The molecule has 158 valence electrons. The van der Waals surface area contributed by atoms with Crippen molar-refractivity contribution in [3.05, 3.63) is 12.3 Å². The summed E-state index contributed by atoms with van der Waals surface area (Å²) < 4.78 is 6.58. The zero-order valence-corrected chi connectivity index (χ0v) is 16.9. The van der Waals surface area contributed by atoms with Crippen LogP contribution in [0, 0.1) is 5.92 Å². The highest BCUT2D eigenvalue weighted by atomic mass is 16.5. The third-order valence-corrected chi connectivity index (χ3v) is 5.58. The SMILES string of the molecule is CC(C)n1nccc1NC(=O)COC(=O)CN1C(=O)N[C@@]2(CCCC[C@@H]2C)C1=O. The second kappa shape index (κ2) is 8.22. The van der Waals surface area contributed by atoms with Gasteiger partial charge in [-0.05, 0) is 32.6 Å². The van der Waals surface area contributed by atoms with Crippen LogP contribution in [0.5, 0.6) is 0 Å². The topological polar surface area (TPSA) is 123 Å². The molecule has 0 aromatic carbocycles. The van der Waals surface area contributed by atoms with Crippen molar-refractivity contribution in [1.82, 2.24) is 20.0 Å². The van der Waals surface area contributed by atoms with E-state index in [1.165, 1.54) is 0 Å². The summed E-state index contributed by atoms with van der Waals surface area (Å²) in [6, 6.07) is 1.10. The molecule has 3 rings (SSSR count). The number of hydrogen-bond donors (Lipinski definition) is 2. The maximum Gasteiger partial charge on any atom is 0.326 e. The van der Waals surface area contributed by atoms with Gasteiger partial charge in [-0.2, -0.15) is 5.10 Å². The molecular formula is C19H27N5O5. The molecule has 1 aromatic heterocycles. The van der Waals surface area contributed by atoms with Gasteiger partial charge in [-0.15, -0.1) is 0 Å². The van der Waals surface area contributed by atoms with Crippen LogP contribution >= 0.6 is 0 Å². The van der Waals surface area contributed by atoms with Crippen LogP contribution in [0.4, 0.5) is 10.6 Å². The molecule has 2 fully saturated rings. The summed E-state index contributed by atoms with van der Waals surface area (Å²) in [5.41, 5.74) is -0.928. The highest BCUT2D eigenvalue weighted by Crippen LogP contribution is 2.38. The van der Waals surface area contributed by atoms with Gasteiger partial charge in [0.15, 0.2) is 6.61 Å². The highest BCUT2D eigenvalue weighted by Gasteiger charge is 2.55.